The minimum atomic E-state index is -1.03. The number of nitrogens with one attached hydrogen (secondary N) is 2. The zero-order valence-corrected chi connectivity index (χ0v) is 21.2. The molecule has 0 bridgehead atoms. The SMILES string of the molecule is Nc1c(F)cc(SCNc2c(F)cc(SCNc3c(F)cc(S)cc3[N+](=O)[O-])cc2[N+](=O)[O-])cc1[N+](=O)[O-]. The van der Waals surface area contributed by atoms with Crippen LogP contribution in [-0.4, -0.2) is 26.5 Å². The molecule has 0 aliphatic rings. The Bertz CT molecular complexity index is 1450. The van der Waals surface area contributed by atoms with Gasteiger partial charge in [0.05, 0.1) is 26.5 Å². The number of hydrogen-bond donors (Lipinski definition) is 4. The number of halogens is 3. The van der Waals surface area contributed by atoms with Crippen LogP contribution in [0.1, 0.15) is 0 Å². The summed E-state index contributed by atoms with van der Waals surface area (Å²) >= 11 is 5.52. The predicted molar refractivity (Wildman–Crippen MR) is 140 cm³/mol. The van der Waals surface area contributed by atoms with Crippen LogP contribution < -0.4 is 16.4 Å². The summed E-state index contributed by atoms with van der Waals surface area (Å²) in [6.07, 6.45) is 0. The first-order valence-electron chi connectivity index (χ1n) is 10.0. The third-order valence-corrected chi connectivity index (χ3v) is 6.72. The van der Waals surface area contributed by atoms with Crippen LogP contribution >= 0.6 is 36.2 Å². The summed E-state index contributed by atoms with van der Waals surface area (Å²) in [5.74, 6) is -3.42. The number of nitrogens with two attached hydrogens (primary N) is 1. The topological polar surface area (TPSA) is 180 Å². The molecule has 0 aliphatic carbocycles. The summed E-state index contributed by atoms with van der Waals surface area (Å²) in [5.41, 5.74) is 1.89. The minimum absolute atomic E-state index is 0.0334. The second-order valence-electron chi connectivity index (χ2n) is 7.16. The summed E-state index contributed by atoms with van der Waals surface area (Å²) in [6.45, 7) is 0. The molecule has 0 atom stereocenters. The Morgan fingerprint density at radius 1 is 0.711 bits per heavy atom. The molecule has 4 N–H and O–H groups in total. The van der Waals surface area contributed by atoms with E-state index in [0.29, 0.717) is 0 Å². The van der Waals surface area contributed by atoms with Gasteiger partial charge in [0.15, 0.2) is 17.5 Å². The van der Waals surface area contributed by atoms with Crippen molar-refractivity contribution in [3.8, 4) is 0 Å². The summed E-state index contributed by atoms with van der Waals surface area (Å²) in [4.78, 5) is 31.4. The molecule has 0 aromatic heterocycles. The first-order valence-corrected chi connectivity index (χ1v) is 12.4. The van der Waals surface area contributed by atoms with Crippen LogP contribution in [0.25, 0.3) is 0 Å². The molecule has 0 amide bonds. The number of nitrogens with zero attached hydrogens (tertiary/aromatic N) is 3. The Morgan fingerprint density at radius 2 is 1.13 bits per heavy atom. The van der Waals surface area contributed by atoms with Gasteiger partial charge in [-0.15, -0.1) is 36.2 Å². The molecule has 0 radical (unpaired) electrons. The highest BCUT2D eigenvalue weighted by molar-refractivity contribution is 7.99. The number of benzene rings is 3. The second-order valence-corrected chi connectivity index (χ2v) is 9.77. The molecule has 3 aromatic rings. The molecule has 200 valence electrons. The van der Waals surface area contributed by atoms with Crippen molar-refractivity contribution < 1.29 is 27.9 Å². The largest absolute Gasteiger partial charge is 0.391 e. The maximum atomic E-state index is 14.8. The van der Waals surface area contributed by atoms with Gasteiger partial charge in [-0.05, 0) is 18.2 Å². The summed E-state index contributed by atoms with van der Waals surface area (Å²) in [7, 11) is 0. The van der Waals surface area contributed by atoms with E-state index < -0.39 is 66.3 Å². The number of thioether (sulfide) groups is 2. The molecule has 18 heteroatoms. The lowest BCUT2D eigenvalue weighted by molar-refractivity contribution is -0.384. The van der Waals surface area contributed by atoms with Crippen molar-refractivity contribution in [3.05, 3.63) is 84.2 Å². The number of thiol groups is 1. The first kappa shape index (κ1) is 28.7. The molecule has 3 aromatic carbocycles. The Labute approximate surface area is 225 Å². The zero-order valence-electron chi connectivity index (χ0n) is 18.6. The number of rotatable bonds is 11. The molecule has 0 spiro atoms. The lowest BCUT2D eigenvalue weighted by atomic mass is 10.2. The third-order valence-electron chi connectivity index (χ3n) is 4.74. The molecule has 0 heterocycles. The van der Waals surface area contributed by atoms with Crippen LogP contribution in [0.15, 0.2) is 51.1 Å². The van der Waals surface area contributed by atoms with Gasteiger partial charge in [-0.1, -0.05) is 0 Å². The van der Waals surface area contributed by atoms with Crippen LogP contribution in [0.4, 0.5) is 47.3 Å². The maximum Gasteiger partial charge on any atom is 0.296 e. The number of nitrogen functional groups attached to an aromatic ring is 1. The van der Waals surface area contributed by atoms with Crippen LogP contribution in [0.2, 0.25) is 0 Å². The Balaban J connectivity index is 1.73. The van der Waals surface area contributed by atoms with Gasteiger partial charge in [-0.25, -0.2) is 13.2 Å². The molecule has 38 heavy (non-hydrogen) atoms. The smallest absolute Gasteiger partial charge is 0.296 e. The maximum absolute atomic E-state index is 14.8. The highest BCUT2D eigenvalue weighted by atomic mass is 32.2. The van der Waals surface area contributed by atoms with Crippen molar-refractivity contribution in [1.29, 1.82) is 0 Å². The highest BCUT2D eigenvalue weighted by Crippen LogP contribution is 2.36. The van der Waals surface area contributed by atoms with Gasteiger partial charge in [0, 0.05) is 32.9 Å². The molecule has 3 rings (SSSR count). The van der Waals surface area contributed by atoms with E-state index in [4.69, 9.17) is 5.73 Å². The molecular weight excluding hydrogens is 573 g/mol. The molecule has 12 nitrogen and oxygen atoms in total. The standard InChI is InChI=1S/C20H15F3N6O6S3/c21-12-3-10(5-15(18(12)24)27(30)31)37-8-26-20-14(23)4-11(6-17(20)29(34)35)38-7-25-19-13(22)1-9(36)2-16(19)28(32)33/h1-6,25-26,36H,7-8,24H2. The average Bonchev–Trinajstić information content (AvgIpc) is 2.82. The van der Waals surface area contributed by atoms with Gasteiger partial charge in [-0.2, -0.15) is 0 Å². The fraction of sp³-hybridized carbons (Fsp3) is 0.100. The molecule has 0 saturated heterocycles. The Morgan fingerprint density at radius 3 is 1.63 bits per heavy atom. The molecular formula is C20H15F3N6O6S3. The number of anilines is 3. The van der Waals surface area contributed by atoms with Crippen molar-refractivity contribution in [2.45, 2.75) is 14.7 Å². The fourth-order valence-corrected chi connectivity index (χ4v) is 4.83. The summed E-state index contributed by atoms with van der Waals surface area (Å²) in [6, 6.07) is 5.95. The van der Waals surface area contributed by atoms with E-state index in [-0.39, 0.29) is 26.4 Å². The van der Waals surface area contributed by atoms with Crippen molar-refractivity contribution in [1.82, 2.24) is 0 Å². The first-order chi connectivity index (χ1) is 17.9. The van der Waals surface area contributed by atoms with Crippen LogP contribution in [0.5, 0.6) is 0 Å². The fourth-order valence-electron chi connectivity index (χ4n) is 3.06. The molecule has 0 fully saturated rings. The number of nitro groups is 3. The third kappa shape index (κ3) is 6.69. The van der Waals surface area contributed by atoms with E-state index in [0.717, 1.165) is 59.9 Å². The zero-order chi connectivity index (χ0) is 28.1. The predicted octanol–water partition coefficient (Wildman–Crippen LogP) is 6.02. The normalized spacial score (nSPS) is 10.7. The van der Waals surface area contributed by atoms with E-state index in [9.17, 15) is 43.5 Å². The number of nitro benzene ring substituents is 3. The van der Waals surface area contributed by atoms with E-state index in [1.165, 1.54) is 0 Å². The summed E-state index contributed by atoms with van der Waals surface area (Å²) in [5, 5.41) is 38.7. The summed E-state index contributed by atoms with van der Waals surface area (Å²) < 4.78 is 42.8. The molecule has 0 unspecified atom stereocenters. The Kier molecular flexibility index (Phi) is 9.13. The van der Waals surface area contributed by atoms with Crippen molar-refractivity contribution >= 4 is 70.3 Å². The van der Waals surface area contributed by atoms with E-state index in [2.05, 4.69) is 23.3 Å². The van der Waals surface area contributed by atoms with Gasteiger partial charge < -0.3 is 16.4 Å². The van der Waals surface area contributed by atoms with Crippen LogP contribution in [0.3, 0.4) is 0 Å². The van der Waals surface area contributed by atoms with E-state index in [1.54, 1.807) is 0 Å². The van der Waals surface area contributed by atoms with Crippen LogP contribution in [0, 0.1) is 47.8 Å². The van der Waals surface area contributed by atoms with Gasteiger partial charge in [0.1, 0.15) is 17.1 Å². The van der Waals surface area contributed by atoms with Gasteiger partial charge >= 0.3 is 0 Å². The van der Waals surface area contributed by atoms with Crippen molar-refractivity contribution in [2.75, 3.05) is 28.1 Å². The minimum Gasteiger partial charge on any atom is -0.391 e. The van der Waals surface area contributed by atoms with Crippen molar-refractivity contribution in [3.63, 3.8) is 0 Å². The van der Waals surface area contributed by atoms with Gasteiger partial charge in [0.2, 0.25) is 0 Å². The van der Waals surface area contributed by atoms with E-state index in [1.807, 2.05) is 0 Å². The Hall–Kier alpha value is -3.90. The molecule has 0 aliphatic heterocycles. The van der Waals surface area contributed by atoms with Gasteiger partial charge in [0.25, 0.3) is 17.1 Å². The van der Waals surface area contributed by atoms with Crippen molar-refractivity contribution in [2.24, 2.45) is 0 Å². The van der Waals surface area contributed by atoms with Gasteiger partial charge in [-0.3, -0.25) is 30.3 Å². The second kappa shape index (κ2) is 12.1. The average molecular weight is 589 g/mol. The van der Waals surface area contributed by atoms with Crippen LogP contribution in [-0.2, 0) is 0 Å². The lowest BCUT2D eigenvalue weighted by Crippen LogP contribution is -2.06. The molecule has 0 saturated carbocycles. The highest BCUT2D eigenvalue weighted by Gasteiger charge is 2.23. The quantitative estimate of drug-likeness (QED) is 0.0513. The lowest BCUT2D eigenvalue weighted by Gasteiger charge is -2.12. The van der Waals surface area contributed by atoms with E-state index >= 15 is 0 Å². The monoisotopic (exact) mass is 588 g/mol. The number of hydrogen-bond acceptors (Lipinski definition) is 12.